The van der Waals surface area contributed by atoms with Crippen LogP contribution in [0.4, 0.5) is 0 Å². The van der Waals surface area contributed by atoms with E-state index >= 15 is 0 Å². The fourth-order valence-electron chi connectivity index (χ4n) is 0.680. The largest absolute Gasteiger partial charge is 0.395 e. The summed E-state index contributed by atoms with van der Waals surface area (Å²) in [5, 5.41) is 8.46. The smallest absolute Gasteiger partial charge is 0.0582 e. The van der Waals surface area contributed by atoms with Gasteiger partial charge in [0.25, 0.3) is 0 Å². The molecule has 0 aliphatic carbocycles. The average molecular weight is 154 g/mol. The first-order valence-electron chi connectivity index (χ1n) is 3.03. The van der Waals surface area contributed by atoms with Gasteiger partial charge < -0.3 is 10.8 Å². The Hall–Kier alpha value is 0.210. The van der Waals surface area contributed by atoms with E-state index < -0.39 is 0 Å². The van der Waals surface area contributed by atoms with Crippen LogP contribution in [0.15, 0.2) is 0 Å². The summed E-state index contributed by atoms with van der Waals surface area (Å²) in [5.74, 6) is 0.595. The molecule has 1 atom stereocenters. The Morgan fingerprint density at radius 2 is 1.89 bits per heavy atom. The van der Waals surface area contributed by atoms with E-state index in [1.54, 1.807) is 0 Å². The third-order valence-electron chi connectivity index (χ3n) is 1.01. The highest BCUT2D eigenvalue weighted by molar-refractivity contribution is 5.85. The van der Waals surface area contributed by atoms with Gasteiger partial charge in [-0.3, -0.25) is 0 Å². The van der Waals surface area contributed by atoms with Crippen molar-refractivity contribution in [3.05, 3.63) is 0 Å². The summed E-state index contributed by atoms with van der Waals surface area (Å²) in [4.78, 5) is 0. The molecule has 3 heteroatoms. The second-order valence-corrected chi connectivity index (χ2v) is 2.57. The molecule has 0 saturated carbocycles. The molecule has 0 aliphatic rings. The van der Waals surface area contributed by atoms with Gasteiger partial charge in [0.1, 0.15) is 0 Å². The number of hydrogen-bond acceptors (Lipinski definition) is 2. The molecule has 0 bridgehead atoms. The molecular formula is C6H16ClNO. The van der Waals surface area contributed by atoms with Gasteiger partial charge in [-0.25, -0.2) is 0 Å². The van der Waals surface area contributed by atoms with Crippen LogP contribution in [0.1, 0.15) is 20.3 Å². The lowest BCUT2D eigenvalue weighted by Crippen LogP contribution is -2.25. The molecule has 0 saturated heterocycles. The minimum Gasteiger partial charge on any atom is -0.395 e. The maximum Gasteiger partial charge on any atom is 0.0582 e. The van der Waals surface area contributed by atoms with Crippen LogP contribution in [0.3, 0.4) is 0 Å². The van der Waals surface area contributed by atoms with Crippen molar-refractivity contribution in [3.63, 3.8) is 0 Å². The zero-order valence-corrected chi connectivity index (χ0v) is 6.82. The monoisotopic (exact) mass is 153 g/mol. The Kier molecular flexibility index (Phi) is 8.40. The van der Waals surface area contributed by atoms with E-state index in [1.165, 1.54) is 0 Å². The summed E-state index contributed by atoms with van der Waals surface area (Å²) in [6.07, 6.45) is 0.913. The van der Waals surface area contributed by atoms with Crippen molar-refractivity contribution in [3.8, 4) is 0 Å². The van der Waals surface area contributed by atoms with Crippen molar-refractivity contribution < 1.29 is 5.11 Å². The first-order chi connectivity index (χ1) is 3.66. The van der Waals surface area contributed by atoms with E-state index in [-0.39, 0.29) is 25.1 Å². The zero-order chi connectivity index (χ0) is 6.57. The van der Waals surface area contributed by atoms with Gasteiger partial charge in [0.05, 0.1) is 6.61 Å². The summed E-state index contributed by atoms with van der Waals surface area (Å²) in [6.45, 7) is 4.29. The Morgan fingerprint density at radius 3 is 2.00 bits per heavy atom. The van der Waals surface area contributed by atoms with Gasteiger partial charge >= 0.3 is 0 Å². The molecule has 0 radical (unpaired) electrons. The molecule has 0 aliphatic heterocycles. The molecule has 0 aromatic rings. The Labute approximate surface area is 62.9 Å². The predicted molar refractivity (Wildman–Crippen MR) is 41.8 cm³/mol. The van der Waals surface area contributed by atoms with E-state index in [9.17, 15) is 0 Å². The molecule has 9 heavy (non-hydrogen) atoms. The number of aliphatic hydroxyl groups excluding tert-OH is 1. The molecule has 58 valence electrons. The van der Waals surface area contributed by atoms with Gasteiger partial charge in [-0.2, -0.15) is 0 Å². The van der Waals surface area contributed by atoms with Crippen LogP contribution in [-0.4, -0.2) is 17.8 Å². The minimum atomic E-state index is -0.0185. The fourth-order valence-corrected chi connectivity index (χ4v) is 0.680. The Balaban J connectivity index is 0. The molecule has 2 nitrogen and oxygen atoms in total. The normalized spacial score (nSPS) is 13.0. The molecule has 3 N–H and O–H groups in total. The van der Waals surface area contributed by atoms with Gasteiger partial charge in [0.15, 0.2) is 0 Å². The highest BCUT2D eigenvalue weighted by Crippen LogP contribution is 2.00. The van der Waals surface area contributed by atoms with Crippen LogP contribution in [0.5, 0.6) is 0 Å². The van der Waals surface area contributed by atoms with Gasteiger partial charge in [0.2, 0.25) is 0 Å². The number of nitrogens with two attached hydrogens (primary N) is 1. The lowest BCUT2D eigenvalue weighted by molar-refractivity contribution is 0.250. The van der Waals surface area contributed by atoms with Crippen molar-refractivity contribution in [2.24, 2.45) is 11.7 Å². The van der Waals surface area contributed by atoms with Crippen LogP contribution in [0.2, 0.25) is 0 Å². The Bertz CT molecular complexity index is 59.0. The fraction of sp³-hybridized carbons (Fsp3) is 1.00. The number of rotatable bonds is 3. The molecule has 0 spiro atoms. The first-order valence-corrected chi connectivity index (χ1v) is 3.03. The van der Waals surface area contributed by atoms with Gasteiger partial charge in [0, 0.05) is 6.04 Å². The molecule has 0 heterocycles. The van der Waals surface area contributed by atoms with E-state index in [4.69, 9.17) is 10.8 Å². The van der Waals surface area contributed by atoms with Gasteiger partial charge in [-0.1, -0.05) is 13.8 Å². The molecular weight excluding hydrogens is 138 g/mol. The summed E-state index contributed by atoms with van der Waals surface area (Å²) in [5.41, 5.74) is 5.42. The molecule has 0 aromatic heterocycles. The van der Waals surface area contributed by atoms with Crippen molar-refractivity contribution in [1.29, 1.82) is 0 Å². The number of hydrogen-bond donors (Lipinski definition) is 2. The van der Waals surface area contributed by atoms with E-state index in [0.29, 0.717) is 5.92 Å². The zero-order valence-electron chi connectivity index (χ0n) is 6.00. The van der Waals surface area contributed by atoms with Gasteiger partial charge in [-0.15, -0.1) is 12.4 Å². The highest BCUT2D eigenvalue weighted by Gasteiger charge is 2.01. The number of halogens is 1. The third-order valence-corrected chi connectivity index (χ3v) is 1.01. The predicted octanol–water partition coefficient (Wildman–Crippen LogP) is 0.774. The van der Waals surface area contributed by atoms with E-state index in [2.05, 4.69) is 13.8 Å². The third kappa shape index (κ3) is 8.21. The molecule has 0 aromatic carbocycles. The Morgan fingerprint density at radius 1 is 1.44 bits per heavy atom. The van der Waals surface area contributed by atoms with Crippen molar-refractivity contribution in [2.75, 3.05) is 6.61 Å². The van der Waals surface area contributed by atoms with Crippen LogP contribution in [0.25, 0.3) is 0 Å². The van der Waals surface area contributed by atoms with E-state index in [0.717, 1.165) is 6.42 Å². The standard InChI is InChI=1S/C6H15NO.ClH/c1-5(2)3-6(7)4-8;/h5-6,8H,3-4,7H2,1-2H3;1H. The highest BCUT2D eigenvalue weighted by atomic mass is 35.5. The second-order valence-electron chi connectivity index (χ2n) is 2.57. The van der Waals surface area contributed by atoms with Crippen LogP contribution in [0, 0.1) is 5.92 Å². The average Bonchev–Trinajstić information content (AvgIpc) is 1.65. The van der Waals surface area contributed by atoms with E-state index in [1.807, 2.05) is 0 Å². The summed E-state index contributed by atoms with van der Waals surface area (Å²) in [7, 11) is 0. The maximum atomic E-state index is 8.46. The SMILES string of the molecule is CC(C)CC(N)CO.Cl. The second kappa shape index (κ2) is 6.33. The van der Waals surface area contributed by atoms with Gasteiger partial charge in [-0.05, 0) is 12.3 Å². The van der Waals surface area contributed by atoms with Crippen molar-refractivity contribution in [2.45, 2.75) is 26.3 Å². The number of aliphatic hydroxyl groups is 1. The van der Waals surface area contributed by atoms with Crippen LogP contribution < -0.4 is 5.73 Å². The summed E-state index contributed by atoms with van der Waals surface area (Å²) < 4.78 is 0. The van der Waals surface area contributed by atoms with Crippen molar-refractivity contribution in [1.82, 2.24) is 0 Å². The summed E-state index contributed by atoms with van der Waals surface area (Å²) >= 11 is 0. The molecule has 1 unspecified atom stereocenters. The molecule has 0 fully saturated rings. The first kappa shape index (κ1) is 11.9. The van der Waals surface area contributed by atoms with Crippen LogP contribution in [-0.2, 0) is 0 Å². The lowest BCUT2D eigenvalue weighted by Gasteiger charge is -2.09. The molecule has 0 rings (SSSR count). The quantitative estimate of drug-likeness (QED) is 0.630. The molecule has 0 amide bonds. The van der Waals surface area contributed by atoms with Crippen molar-refractivity contribution >= 4 is 12.4 Å². The lowest BCUT2D eigenvalue weighted by atomic mass is 10.1. The summed E-state index contributed by atoms with van der Waals surface area (Å²) in [6, 6.07) is -0.0185. The maximum absolute atomic E-state index is 8.46. The topological polar surface area (TPSA) is 46.2 Å². The van der Waals surface area contributed by atoms with Crippen LogP contribution >= 0.6 is 12.4 Å². The minimum absolute atomic E-state index is 0.